The van der Waals surface area contributed by atoms with Gasteiger partial charge in [0.05, 0.1) is 20.4 Å². The van der Waals surface area contributed by atoms with Crippen molar-refractivity contribution < 1.29 is 9.47 Å². The van der Waals surface area contributed by atoms with Crippen molar-refractivity contribution in [1.29, 1.82) is 0 Å². The van der Waals surface area contributed by atoms with Crippen LogP contribution in [0.5, 0.6) is 11.5 Å². The second kappa shape index (κ2) is 8.31. The summed E-state index contributed by atoms with van der Waals surface area (Å²) in [4.78, 5) is 0. The van der Waals surface area contributed by atoms with Gasteiger partial charge in [-0.15, -0.1) is 0 Å². The molecule has 0 unspecified atom stereocenters. The Kier molecular flexibility index (Phi) is 6.14. The number of anilines is 1. The number of aryl methyl sites for hydroxylation is 2. The summed E-state index contributed by atoms with van der Waals surface area (Å²) >= 11 is 5.29. The molecule has 2 aromatic rings. The van der Waals surface area contributed by atoms with Crippen LogP contribution in [0.1, 0.15) is 16.7 Å². The van der Waals surface area contributed by atoms with Gasteiger partial charge in [-0.25, -0.2) is 0 Å². The summed E-state index contributed by atoms with van der Waals surface area (Å²) < 4.78 is 10.6. The molecule has 0 atom stereocenters. The maximum Gasteiger partial charge on any atom is 0.191 e. The molecule has 0 bridgehead atoms. The van der Waals surface area contributed by atoms with Gasteiger partial charge in [-0.05, 0) is 49.3 Å². The van der Waals surface area contributed by atoms with Gasteiger partial charge in [0.1, 0.15) is 0 Å². The third-order valence-corrected chi connectivity index (χ3v) is 3.72. The fourth-order valence-corrected chi connectivity index (χ4v) is 2.48. The summed E-state index contributed by atoms with van der Waals surface area (Å²) in [6, 6.07) is 11.7. The van der Waals surface area contributed by atoms with Crippen LogP contribution < -0.4 is 20.2 Å². The number of hydrogen-bond acceptors (Lipinski definition) is 4. The first-order chi connectivity index (χ1) is 11.6. The molecule has 0 aromatic heterocycles. The van der Waals surface area contributed by atoms with E-state index in [9.17, 15) is 0 Å². The number of para-hydroxylation sites is 2. The first kappa shape index (κ1) is 17.7. The maximum atomic E-state index is 5.36. The molecular weight excluding hydrogens is 322 g/mol. The molecule has 0 aliphatic rings. The SMILES string of the molecule is COc1cccc(/C=N\NC(=S)Nc2c(C)cccc2C)c1OC. The first-order valence-electron chi connectivity index (χ1n) is 7.44. The van der Waals surface area contributed by atoms with Gasteiger partial charge in [-0.2, -0.15) is 5.10 Å². The summed E-state index contributed by atoms with van der Waals surface area (Å²) in [6.45, 7) is 4.06. The number of hydrogen-bond donors (Lipinski definition) is 2. The maximum absolute atomic E-state index is 5.36. The Hall–Kier alpha value is -2.60. The molecule has 0 fully saturated rings. The van der Waals surface area contributed by atoms with Crippen molar-refractivity contribution in [1.82, 2.24) is 5.43 Å². The normalized spacial score (nSPS) is 10.5. The lowest BCUT2D eigenvalue weighted by molar-refractivity contribution is 0.354. The first-order valence-corrected chi connectivity index (χ1v) is 7.85. The largest absolute Gasteiger partial charge is 0.493 e. The predicted molar refractivity (Wildman–Crippen MR) is 102 cm³/mol. The summed E-state index contributed by atoms with van der Waals surface area (Å²) in [5.74, 6) is 1.27. The molecule has 0 saturated heterocycles. The van der Waals surface area contributed by atoms with Crippen LogP contribution in [0, 0.1) is 13.8 Å². The number of benzene rings is 2. The number of nitrogens with one attached hydrogen (secondary N) is 2. The highest BCUT2D eigenvalue weighted by Gasteiger charge is 2.07. The zero-order chi connectivity index (χ0) is 17.5. The van der Waals surface area contributed by atoms with Crippen LogP contribution in [0.25, 0.3) is 0 Å². The van der Waals surface area contributed by atoms with E-state index in [1.807, 2.05) is 50.2 Å². The lowest BCUT2D eigenvalue weighted by Crippen LogP contribution is -2.24. The van der Waals surface area contributed by atoms with E-state index in [4.69, 9.17) is 21.7 Å². The molecule has 6 heteroatoms. The van der Waals surface area contributed by atoms with Crippen molar-refractivity contribution in [2.75, 3.05) is 19.5 Å². The molecule has 0 saturated carbocycles. The van der Waals surface area contributed by atoms with Crippen LogP contribution in [-0.4, -0.2) is 25.5 Å². The average Bonchev–Trinajstić information content (AvgIpc) is 2.58. The molecule has 24 heavy (non-hydrogen) atoms. The van der Waals surface area contributed by atoms with Gasteiger partial charge in [-0.3, -0.25) is 5.43 Å². The van der Waals surface area contributed by atoms with Gasteiger partial charge in [0.2, 0.25) is 0 Å². The fourth-order valence-electron chi connectivity index (χ4n) is 2.33. The van der Waals surface area contributed by atoms with Gasteiger partial charge in [0.25, 0.3) is 0 Å². The average molecular weight is 343 g/mol. The molecule has 0 amide bonds. The third kappa shape index (κ3) is 4.23. The van der Waals surface area contributed by atoms with E-state index in [1.165, 1.54) is 0 Å². The number of nitrogens with zero attached hydrogens (tertiary/aromatic N) is 1. The smallest absolute Gasteiger partial charge is 0.191 e. The van der Waals surface area contributed by atoms with Crippen molar-refractivity contribution in [2.24, 2.45) is 5.10 Å². The highest BCUT2D eigenvalue weighted by atomic mass is 32.1. The summed E-state index contributed by atoms with van der Waals surface area (Å²) in [5, 5.41) is 7.76. The van der Waals surface area contributed by atoms with Gasteiger partial charge < -0.3 is 14.8 Å². The zero-order valence-electron chi connectivity index (χ0n) is 14.2. The van der Waals surface area contributed by atoms with Gasteiger partial charge in [-0.1, -0.05) is 24.3 Å². The van der Waals surface area contributed by atoms with Crippen molar-refractivity contribution in [3.63, 3.8) is 0 Å². The van der Waals surface area contributed by atoms with E-state index < -0.39 is 0 Å². The molecule has 2 rings (SSSR count). The highest BCUT2D eigenvalue weighted by Crippen LogP contribution is 2.29. The van der Waals surface area contributed by atoms with Crippen molar-refractivity contribution in [3.05, 3.63) is 53.1 Å². The number of ether oxygens (including phenoxy) is 2. The molecule has 0 aliphatic carbocycles. The number of thiocarbonyl (C=S) groups is 1. The monoisotopic (exact) mass is 343 g/mol. The number of methoxy groups -OCH3 is 2. The Morgan fingerprint density at radius 1 is 1.04 bits per heavy atom. The molecule has 5 nitrogen and oxygen atoms in total. The van der Waals surface area contributed by atoms with Crippen molar-refractivity contribution in [2.45, 2.75) is 13.8 Å². The van der Waals surface area contributed by atoms with Crippen LogP contribution in [0.15, 0.2) is 41.5 Å². The minimum atomic E-state index is 0.422. The Morgan fingerprint density at radius 3 is 2.33 bits per heavy atom. The summed E-state index contributed by atoms with van der Waals surface area (Å²) in [5.41, 5.74) is 6.84. The third-order valence-electron chi connectivity index (χ3n) is 3.52. The molecule has 0 spiro atoms. The van der Waals surface area contributed by atoms with Crippen LogP contribution in [0.4, 0.5) is 5.69 Å². The van der Waals surface area contributed by atoms with Gasteiger partial charge >= 0.3 is 0 Å². The topological polar surface area (TPSA) is 54.9 Å². The van der Waals surface area contributed by atoms with E-state index in [0.717, 1.165) is 22.4 Å². The Labute approximate surface area is 147 Å². The predicted octanol–water partition coefficient (Wildman–Crippen LogP) is 3.64. The van der Waals surface area contributed by atoms with E-state index in [2.05, 4.69) is 15.8 Å². The van der Waals surface area contributed by atoms with Gasteiger partial charge in [0.15, 0.2) is 16.6 Å². The van der Waals surface area contributed by atoms with E-state index in [-0.39, 0.29) is 0 Å². The molecule has 2 N–H and O–H groups in total. The number of rotatable bonds is 5. The summed E-state index contributed by atoms with van der Waals surface area (Å²) in [6.07, 6.45) is 1.64. The molecule has 126 valence electrons. The molecule has 0 heterocycles. The minimum Gasteiger partial charge on any atom is -0.493 e. The van der Waals surface area contributed by atoms with Crippen LogP contribution in [0.3, 0.4) is 0 Å². The van der Waals surface area contributed by atoms with Gasteiger partial charge in [0, 0.05) is 11.3 Å². The molecule has 0 aliphatic heterocycles. The Balaban J connectivity index is 2.05. The van der Waals surface area contributed by atoms with E-state index >= 15 is 0 Å². The highest BCUT2D eigenvalue weighted by molar-refractivity contribution is 7.80. The fraction of sp³-hybridized carbons (Fsp3) is 0.222. The quantitative estimate of drug-likeness (QED) is 0.493. The Bertz CT molecular complexity index is 740. The lowest BCUT2D eigenvalue weighted by atomic mass is 10.1. The summed E-state index contributed by atoms with van der Waals surface area (Å²) in [7, 11) is 3.19. The Morgan fingerprint density at radius 2 is 1.71 bits per heavy atom. The van der Waals surface area contributed by atoms with Crippen molar-refractivity contribution >= 4 is 29.2 Å². The van der Waals surface area contributed by atoms with Crippen molar-refractivity contribution in [3.8, 4) is 11.5 Å². The molecular formula is C18H21N3O2S. The number of hydrazone groups is 1. The molecule has 0 radical (unpaired) electrons. The molecule has 2 aromatic carbocycles. The van der Waals surface area contributed by atoms with Crippen LogP contribution >= 0.6 is 12.2 Å². The lowest BCUT2D eigenvalue weighted by Gasteiger charge is -2.13. The van der Waals surface area contributed by atoms with E-state index in [1.54, 1.807) is 20.4 Å². The van der Waals surface area contributed by atoms with E-state index in [0.29, 0.717) is 16.6 Å². The zero-order valence-corrected chi connectivity index (χ0v) is 15.0. The van der Waals surface area contributed by atoms with Crippen LogP contribution in [0.2, 0.25) is 0 Å². The second-order valence-electron chi connectivity index (χ2n) is 5.17. The standard InChI is InChI=1S/C18H21N3O2S/c1-12-7-5-8-13(2)16(12)20-18(24)21-19-11-14-9-6-10-15(22-3)17(14)23-4/h5-11H,1-4H3,(H2,20,21,24)/b19-11-. The minimum absolute atomic E-state index is 0.422. The second-order valence-corrected chi connectivity index (χ2v) is 5.58. The van der Waals surface area contributed by atoms with Crippen LogP contribution in [-0.2, 0) is 0 Å².